The molecule has 0 saturated carbocycles. The van der Waals surface area contributed by atoms with E-state index in [-0.39, 0.29) is 5.91 Å². The van der Waals surface area contributed by atoms with E-state index in [4.69, 9.17) is 11.6 Å². The van der Waals surface area contributed by atoms with E-state index in [1.165, 1.54) is 16.2 Å². The number of thioether (sulfide) groups is 1. The molecule has 0 atom stereocenters. The summed E-state index contributed by atoms with van der Waals surface area (Å²) in [5.41, 5.74) is 11.0. The predicted octanol–water partition coefficient (Wildman–Crippen LogP) is 2.84. The van der Waals surface area contributed by atoms with Crippen molar-refractivity contribution < 1.29 is 4.79 Å². The molecule has 4 nitrogen and oxygen atoms in total. The summed E-state index contributed by atoms with van der Waals surface area (Å²) in [5, 5.41) is 0. The van der Waals surface area contributed by atoms with Gasteiger partial charge in [-0.2, -0.15) is 0 Å². The zero-order chi connectivity index (χ0) is 14.7. The Kier molecular flexibility index (Phi) is 4.69. The van der Waals surface area contributed by atoms with E-state index in [9.17, 15) is 4.79 Å². The Bertz CT molecular complexity index is 637. The lowest BCUT2D eigenvalue weighted by Gasteiger charge is -2.04. The molecule has 2 aromatic rings. The molecule has 1 amide bonds. The predicted molar refractivity (Wildman–Crippen MR) is 85.9 cm³/mol. The molecule has 0 saturated heterocycles. The topological polar surface area (TPSA) is 81.1 Å². The highest BCUT2D eigenvalue weighted by atomic mass is 32.2. The van der Waals surface area contributed by atoms with E-state index >= 15 is 0 Å². The van der Waals surface area contributed by atoms with Crippen LogP contribution in [0.2, 0.25) is 0 Å². The number of nitrogens with two attached hydrogens (primary N) is 2. The van der Waals surface area contributed by atoms with Crippen LogP contribution in [0.25, 0.3) is 0 Å². The number of thiophene rings is 1. The van der Waals surface area contributed by atoms with E-state index in [2.05, 4.69) is 11.5 Å². The Morgan fingerprint density at radius 3 is 2.75 bits per heavy atom. The minimum Gasteiger partial charge on any atom is -0.399 e. The average molecular weight is 307 g/mol. The number of nitrogen functional groups attached to an aromatic ring is 2. The normalized spacial score (nSPS) is 10.6. The summed E-state index contributed by atoms with van der Waals surface area (Å²) in [7, 11) is 0. The first-order chi connectivity index (χ1) is 9.51. The minimum atomic E-state index is -0.238. The standard InChI is InChI=1S/C14H17N3OS2/c1-8-5-11(3-4-12(8)15)19-7-10-6-13(14(18)17-16)20-9(10)2/h3-6H,7,15-16H2,1-2H3,(H,17,18). The summed E-state index contributed by atoms with van der Waals surface area (Å²) in [4.78, 5) is 14.5. The zero-order valence-electron chi connectivity index (χ0n) is 11.4. The summed E-state index contributed by atoms with van der Waals surface area (Å²) in [6.45, 7) is 4.01. The molecule has 6 heteroatoms. The fourth-order valence-electron chi connectivity index (χ4n) is 1.75. The number of nitrogens with one attached hydrogen (secondary N) is 1. The van der Waals surface area contributed by atoms with Crippen LogP contribution in [0.1, 0.15) is 25.7 Å². The quantitative estimate of drug-likeness (QED) is 0.267. The third-order valence-electron chi connectivity index (χ3n) is 3.01. The lowest BCUT2D eigenvalue weighted by molar-refractivity contribution is 0.0957. The van der Waals surface area contributed by atoms with Crippen molar-refractivity contribution in [3.63, 3.8) is 0 Å². The van der Waals surface area contributed by atoms with Crippen molar-refractivity contribution in [3.05, 3.63) is 45.1 Å². The lowest BCUT2D eigenvalue weighted by atomic mass is 10.2. The molecule has 2 rings (SSSR count). The second kappa shape index (κ2) is 6.30. The minimum absolute atomic E-state index is 0.238. The molecule has 0 aliphatic carbocycles. The van der Waals surface area contributed by atoms with Crippen molar-refractivity contribution in [2.75, 3.05) is 5.73 Å². The van der Waals surface area contributed by atoms with Gasteiger partial charge in [-0.25, -0.2) is 5.84 Å². The third kappa shape index (κ3) is 3.33. The highest BCUT2D eigenvalue weighted by molar-refractivity contribution is 7.98. The number of rotatable bonds is 4. The average Bonchev–Trinajstić information content (AvgIpc) is 2.80. The summed E-state index contributed by atoms with van der Waals surface area (Å²) >= 11 is 3.19. The van der Waals surface area contributed by atoms with E-state index in [0.717, 1.165) is 27.4 Å². The van der Waals surface area contributed by atoms with Gasteiger partial charge in [0.2, 0.25) is 0 Å². The summed E-state index contributed by atoms with van der Waals surface area (Å²) in [5.74, 6) is 5.73. The molecule has 1 aromatic heterocycles. The number of benzene rings is 1. The van der Waals surface area contributed by atoms with Crippen LogP contribution in [0, 0.1) is 13.8 Å². The maximum atomic E-state index is 11.5. The highest BCUT2D eigenvalue weighted by Crippen LogP contribution is 2.30. The number of hydrogen-bond donors (Lipinski definition) is 3. The lowest BCUT2D eigenvalue weighted by Crippen LogP contribution is -2.29. The van der Waals surface area contributed by atoms with Crippen molar-refractivity contribution in [1.82, 2.24) is 5.43 Å². The summed E-state index contributed by atoms with van der Waals surface area (Å²) in [6.07, 6.45) is 0. The van der Waals surface area contributed by atoms with Gasteiger partial charge in [-0.15, -0.1) is 23.1 Å². The van der Waals surface area contributed by atoms with E-state index < -0.39 is 0 Å². The van der Waals surface area contributed by atoms with E-state index in [1.54, 1.807) is 11.8 Å². The van der Waals surface area contributed by atoms with Crippen LogP contribution in [0.15, 0.2) is 29.2 Å². The first kappa shape index (κ1) is 14.9. The fourth-order valence-corrected chi connectivity index (χ4v) is 3.83. The number of carbonyl (C=O) groups excluding carboxylic acids is 1. The van der Waals surface area contributed by atoms with Gasteiger partial charge in [-0.3, -0.25) is 10.2 Å². The molecule has 0 unspecified atom stereocenters. The van der Waals surface area contributed by atoms with Gasteiger partial charge in [0.1, 0.15) is 0 Å². The monoisotopic (exact) mass is 307 g/mol. The summed E-state index contributed by atoms with van der Waals surface area (Å²) < 4.78 is 0. The van der Waals surface area contributed by atoms with Crippen LogP contribution in [-0.2, 0) is 5.75 Å². The van der Waals surface area contributed by atoms with Crippen LogP contribution in [0.5, 0.6) is 0 Å². The molecule has 5 N–H and O–H groups in total. The number of carbonyl (C=O) groups is 1. The third-order valence-corrected chi connectivity index (χ3v) is 5.15. The van der Waals surface area contributed by atoms with E-state index in [1.807, 2.05) is 32.0 Å². The van der Waals surface area contributed by atoms with Crippen molar-refractivity contribution >= 4 is 34.7 Å². The number of anilines is 1. The van der Waals surface area contributed by atoms with Gasteiger partial charge in [0, 0.05) is 21.2 Å². The van der Waals surface area contributed by atoms with Gasteiger partial charge < -0.3 is 5.73 Å². The maximum Gasteiger partial charge on any atom is 0.275 e. The van der Waals surface area contributed by atoms with Gasteiger partial charge in [-0.05, 0) is 49.2 Å². The molecule has 106 valence electrons. The van der Waals surface area contributed by atoms with Gasteiger partial charge in [-0.1, -0.05) is 0 Å². The Morgan fingerprint density at radius 1 is 1.35 bits per heavy atom. The molecule has 0 aliphatic heterocycles. The van der Waals surface area contributed by atoms with Gasteiger partial charge >= 0.3 is 0 Å². The molecular formula is C14H17N3OS2. The van der Waals surface area contributed by atoms with Gasteiger partial charge in [0.15, 0.2) is 0 Å². The van der Waals surface area contributed by atoms with Crippen LogP contribution >= 0.6 is 23.1 Å². The molecule has 20 heavy (non-hydrogen) atoms. The molecule has 0 spiro atoms. The van der Waals surface area contributed by atoms with Crippen molar-refractivity contribution in [2.24, 2.45) is 5.84 Å². The molecule has 0 bridgehead atoms. The maximum absolute atomic E-state index is 11.5. The molecule has 0 radical (unpaired) electrons. The smallest absolute Gasteiger partial charge is 0.275 e. The second-order valence-electron chi connectivity index (χ2n) is 4.47. The van der Waals surface area contributed by atoms with Crippen molar-refractivity contribution in [2.45, 2.75) is 24.5 Å². The molecule has 1 heterocycles. The fraction of sp³-hybridized carbons (Fsp3) is 0.214. The van der Waals surface area contributed by atoms with Gasteiger partial charge in [0.05, 0.1) is 4.88 Å². The molecule has 1 aromatic carbocycles. The molecule has 0 aliphatic rings. The number of amides is 1. The number of hydrogen-bond acceptors (Lipinski definition) is 5. The molecular weight excluding hydrogens is 290 g/mol. The Balaban J connectivity index is 2.08. The van der Waals surface area contributed by atoms with Crippen LogP contribution in [-0.4, -0.2) is 5.91 Å². The Morgan fingerprint density at radius 2 is 2.10 bits per heavy atom. The highest BCUT2D eigenvalue weighted by Gasteiger charge is 2.11. The number of hydrazine groups is 1. The van der Waals surface area contributed by atoms with E-state index in [0.29, 0.717) is 4.88 Å². The van der Waals surface area contributed by atoms with Crippen molar-refractivity contribution in [3.8, 4) is 0 Å². The largest absolute Gasteiger partial charge is 0.399 e. The summed E-state index contributed by atoms with van der Waals surface area (Å²) in [6, 6.07) is 7.92. The Hall–Kier alpha value is -1.50. The molecule has 0 fully saturated rings. The second-order valence-corrected chi connectivity index (χ2v) is 6.78. The zero-order valence-corrected chi connectivity index (χ0v) is 13.0. The Labute approximate surface area is 126 Å². The van der Waals surface area contributed by atoms with Crippen molar-refractivity contribution in [1.29, 1.82) is 0 Å². The van der Waals surface area contributed by atoms with Crippen LogP contribution in [0.4, 0.5) is 5.69 Å². The first-order valence-corrected chi connectivity index (χ1v) is 7.90. The number of aryl methyl sites for hydroxylation is 2. The SMILES string of the molecule is Cc1cc(SCc2cc(C(=O)NN)sc2C)ccc1N. The first-order valence-electron chi connectivity index (χ1n) is 6.10. The van der Waals surface area contributed by atoms with Crippen LogP contribution < -0.4 is 17.0 Å². The van der Waals surface area contributed by atoms with Crippen LogP contribution in [0.3, 0.4) is 0 Å². The van der Waals surface area contributed by atoms with Gasteiger partial charge in [0.25, 0.3) is 5.91 Å².